The van der Waals surface area contributed by atoms with Gasteiger partial charge in [-0.25, -0.2) is 0 Å². The molecule has 0 amide bonds. The Morgan fingerprint density at radius 2 is 1.89 bits per heavy atom. The first-order valence-electron chi connectivity index (χ1n) is 6.59. The number of esters is 1. The minimum atomic E-state index is -0.225. The number of rotatable bonds is 8. The van der Waals surface area contributed by atoms with Crippen LogP contribution in [0.1, 0.15) is 32.3 Å². The predicted molar refractivity (Wildman–Crippen MR) is 75.7 cm³/mol. The predicted octanol–water partition coefficient (Wildman–Crippen LogP) is 3.49. The van der Waals surface area contributed by atoms with Gasteiger partial charge in [-0.1, -0.05) is 42.0 Å². The van der Waals surface area contributed by atoms with Gasteiger partial charge in [-0.05, 0) is 25.3 Å². The van der Waals surface area contributed by atoms with Crippen LogP contribution in [0.15, 0.2) is 42.0 Å². The molecule has 0 aliphatic rings. The van der Waals surface area contributed by atoms with Crippen molar-refractivity contribution in [2.24, 2.45) is 0 Å². The zero-order valence-electron chi connectivity index (χ0n) is 11.7. The largest absolute Gasteiger partial charge is 0.466 e. The van der Waals surface area contributed by atoms with Crippen LogP contribution in [0.25, 0.3) is 0 Å². The van der Waals surface area contributed by atoms with Crippen LogP contribution in [0.4, 0.5) is 0 Å². The maximum Gasteiger partial charge on any atom is 0.302 e. The van der Waals surface area contributed by atoms with Gasteiger partial charge in [-0.15, -0.1) is 0 Å². The Labute approximate surface area is 115 Å². The Bertz CT molecular complexity index is 396. The highest BCUT2D eigenvalue weighted by atomic mass is 16.5. The minimum Gasteiger partial charge on any atom is -0.466 e. The molecule has 0 N–H and O–H groups in total. The van der Waals surface area contributed by atoms with Crippen LogP contribution in [0.2, 0.25) is 0 Å². The summed E-state index contributed by atoms with van der Waals surface area (Å²) in [6, 6.07) is 10.1. The average Bonchev–Trinajstić information content (AvgIpc) is 2.41. The summed E-state index contributed by atoms with van der Waals surface area (Å²) in [7, 11) is 0. The van der Waals surface area contributed by atoms with E-state index in [9.17, 15) is 4.79 Å². The van der Waals surface area contributed by atoms with Crippen LogP contribution in [-0.4, -0.2) is 19.2 Å². The molecule has 0 heterocycles. The van der Waals surface area contributed by atoms with Crippen molar-refractivity contribution in [3.8, 4) is 0 Å². The number of benzene rings is 1. The van der Waals surface area contributed by atoms with Gasteiger partial charge >= 0.3 is 5.97 Å². The van der Waals surface area contributed by atoms with Crippen molar-refractivity contribution in [3.05, 3.63) is 47.5 Å². The molecule has 0 aliphatic heterocycles. The van der Waals surface area contributed by atoms with Gasteiger partial charge in [-0.2, -0.15) is 0 Å². The van der Waals surface area contributed by atoms with E-state index < -0.39 is 0 Å². The molecule has 3 nitrogen and oxygen atoms in total. The molecule has 104 valence electrons. The molecule has 1 rings (SSSR count). The second-order valence-electron chi connectivity index (χ2n) is 4.47. The summed E-state index contributed by atoms with van der Waals surface area (Å²) in [6.07, 6.45) is 3.77. The molecule has 0 radical (unpaired) electrons. The zero-order valence-corrected chi connectivity index (χ0v) is 11.7. The summed E-state index contributed by atoms with van der Waals surface area (Å²) in [5.41, 5.74) is 2.46. The summed E-state index contributed by atoms with van der Waals surface area (Å²) in [5, 5.41) is 0. The number of carbonyl (C=O) groups excluding carboxylic acids is 1. The third-order valence-corrected chi connectivity index (χ3v) is 2.67. The molecular formula is C16H22O3. The number of hydrogen-bond acceptors (Lipinski definition) is 3. The van der Waals surface area contributed by atoms with E-state index in [1.165, 1.54) is 18.1 Å². The Balaban J connectivity index is 2.08. The lowest BCUT2D eigenvalue weighted by Crippen LogP contribution is -2.00. The Hall–Kier alpha value is -1.61. The smallest absolute Gasteiger partial charge is 0.302 e. The fourth-order valence-corrected chi connectivity index (χ4v) is 1.61. The minimum absolute atomic E-state index is 0.225. The molecule has 0 atom stereocenters. The highest BCUT2D eigenvalue weighted by Gasteiger charge is 1.95. The van der Waals surface area contributed by atoms with E-state index in [0.29, 0.717) is 19.8 Å². The first kappa shape index (κ1) is 15.4. The Morgan fingerprint density at radius 3 is 2.58 bits per heavy atom. The normalized spacial score (nSPS) is 11.4. The number of carbonyl (C=O) groups is 1. The molecule has 0 saturated heterocycles. The monoisotopic (exact) mass is 262 g/mol. The van der Waals surface area contributed by atoms with Crippen LogP contribution in [0.5, 0.6) is 0 Å². The molecule has 0 unspecified atom stereocenters. The molecule has 1 aromatic carbocycles. The lowest BCUT2D eigenvalue weighted by atomic mass is 10.2. The lowest BCUT2D eigenvalue weighted by molar-refractivity contribution is -0.140. The third-order valence-electron chi connectivity index (χ3n) is 2.67. The molecule has 3 heteroatoms. The van der Waals surface area contributed by atoms with E-state index in [1.807, 2.05) is 18.2 Å². The van der Waals surface area contributed by atoms with Crippen LogP contribution >= 0.6 is 0 Å². The van der Waals surface area contributed by atoms with Crippen molar-refractivity contribution in [1.82, 2.24) is 0 Å². The summed E-state index contributed by atoms with van der Waals surface area (Å²) in [4.78, 5) is 10.6. The summed E-state index contributed by atoms with van der Waals surface area (Å²) in [6.45, 7) is 5.32. The molecule has 1 aromatic rings. The molecule has 0 aromatic heterocycles. The SMILES string of the molecule is CC(=O)OCC/C=C(/C)CCOCc1ccccc1. The van der Waals surface area contributed by atoms with Crippen LogP contribution in [-0.2, 0) is 20.9 Å². The topological polar surface area (TPSA) is 35.5 Å². The average molecular weight is 262 g/mol. The molecule has 0 saturated carbocycles. The lowest BCUT2D eigenvalue weighted by Gasteiger charge is -2.05. The van der Waals surface area contributed by atoms with Crippen LogP contribution in [0.3, 0.4) is 0 Å². The fourth-order valence-electron chi connectivity index (χ4n) is 1.61. The Kier molecular flexibility index (Phi) is 7.59. The molecule has 0 aliphatic carbocycles. The fraction of sp³-hybridized carbons (Fsp3) is 0.438. The first-order valence-corrected chi connectivity index (χ1v) is 6.59. The Morgan fingerprint density at radius 1 is 1.16 bits per heavy atom. The van der Waals surface area contributed by atoms with Gasteiger partial charge in [-0.3, -0.25) is 4.79 Å². The van der Waals surface area contributed by atoms with E-state index in [4.69, 9.17) is 9.47 Å². The molecule has 0 spiro atoms. The van der Waals surface area contributed by atoms with Gasteiger partial charge in [0.1, 0.15) is 0 Å². The second kappa shape index (κ2) is 9.34. The third kappa shape index (κ3) is 8.16. The molecule has 0 fully saturated rings. The molecule has 0 bridgehead atoms. The van der Waals surface area contributed by atoms with Gasteiger partial charge in [0.15, 0.2) is 0 Å². The van der Waals surface area contributed by atoms with Crippen LogP contribution in [0, 0.1) is 0 Å². The molecule has 19 heavy (non-hydrogen) atoms. The van der Waals surface area contributed by atoms with Crippen molar-refractivity contribution in [3.63, 3.8) is 0 Å². The van der Waals surface area contributed by atoms with Gasteiger partial charge in [0.05, 0.1) is 19.8 Å². The van der Waals surface area contributed by atoms with Gasteiger partial charge in [0, 0.05) is 6.92 Å². The maximum atomic E-state index is 10.6. The zero-order chi connectivity index (χ0) is 13.9. The van der Waals surface area contributed by atoms with Gasteiger partial charge < -0.3 is 9.47 Å². The van der Waals surface area contributed by atoms with E-state index in [2.05, 4.69) is 25.1 Å². The van der Waals surface area contributed by atoms with Crippen molar-refractivity contribution < 1.29 is 14.3 Å². The van der Waals surface area contributed by atoms with Crippen molar-refractivity contribution >= 4 is 5.97 Å². The van der Waals surface area contributed by atoms with Gasteiger partial charge in [0.25, 0.3) is 0 Å². The standard InChI is InChI=1S/C16H22O3/c1-14(7-6-11-19-15(2)17)10-12-18-13-16-8-4-3-5-9-16/h3-5,7-9H,6,10-13H2,1-2H3/b14-7-. The quantitative estimate of drug-likeness (QED) is 0.408. The van der Waals surface area contributed by atoms with Crippen molar-refractivity contribution in [1.29, 1.82) is 0 Å². The highest BCUT2D eigenvalue weighted by molar-refractivity contribution is 5.65. The van der Waals surface area contributed by atoms with E-state index >= 15 is 0 Å². The maximum absolute atomic E-state index is 10.6. The van der Waals surface area contributed by atoms with Crippen molar-refractivity contribution in [2.75, 3.05) is 13.2 Å². The van der Waals surface area contributed by atoms with Crippen molar-refractivity contribution in [2.45, 2.75) is 33.3 Å². The second-order valence-corrected chi connectivity index (χ2v) is 4.47. The highest BCUT2D eigenvalue weighted by Crippen LogP contribution is 2.05. The van der Waals surface area contributed by atoms with E-state index in [1.54, 1.807) is 0 Å². The molecular weight excluding hydrogens is 240 g/mol. The summed E-state index contributed by atoms with van der Waals surface area (Å²) < 4.78 is 10.5. The summed E-state index contributed by atoms with van der Waals surface area (Å²) in [5.74, 6) is -0.225. The summed E-state index contributed by atoms with van der Waals surface area (Å²) >= 11 is 0. The van der Waals surface area contributed by atoms with E-state index in [-0.39, 0.29) is 5.97 Å². The first-order chi connectivity index (χ1) is 9.18. The van der Waals surface area contributed by atoms with Gasteiger partial charge in [0.2, 0.25) is 0 Å². The number of hydrogen-bond donors (Lipinski definition) is 0. The van der Waals surface area contributed by atoms with E-state index in [0.717, 1.165) is 12.8 Å². The number of ether oxygens (including phenoxy) is 2. The van der Waals surface area contributed by atoms with Crippen LogP contribution < -0.4 is 0 Å².